The SMILES string of the molecule is CC(C)(C)CCC(C(=O)O)N1CCCC1. The zero-order valence-corrected chi connectivity index (χ0v) is 10.1. The Kier molecular flexibility index (Phi) is 4.14. The Bertz CT molecular complexity index is 214. The van der Waals surface area contributed by atoms with Crippen molar-refractivity contribution in [1.29, 1.82) is 0 Å². The average Bonchev–Trinajstić information content (AvgIpc) is 2.54. The van der Waals surface area contributed by atoms with E-state index >= 15 is 0 Å². The Morgan fingerprint density at radius 1 is 1.33 bits per heavy atom. The van der Waals surface area contributed by atoms with Crippen molar-refractivity contribution in [3.8, 4) is 0 Å². The minimum absolute atomic E-state index is 0.230. The van der Waals surface area contributed by atoms with E-state index in [9.17, 15) is 9.90 Å². The molecule has 1 aliphatic heterocycles. The summed E-state index contributed by atoms with van der Waals surface area (Å²) in [5, 5.41) is 9.19. The van der Waals surface area contributed by atoms with Crippen LogP contribution in [0.15, 0.2) is 0 Å². The lowest BCUT2D eigenvalue weighted by atomic mass is 9.88. The summed E-state index contributed by atoms with van der Waals surface area (Å²) in [5.74, 6) is -0.652. The molecule has 1 unspecified atom stereocenters. The Morgan fingerprint density at radius 3 is 2.27 bits per heavy atom. The molecule has 1 atom stereocenters. The van der Waals surface area contributed by atoms with Gasteiger partial charge in [-0.05, 0) is 44.2 Å². The van der Waals surface area contributed by atoms with Crippen molar-refractivity contribution in [3.63, 3.8) is 0 Å². The smallest absolute Gasteiger partial charge is 0.320 e. The van der Waals surface area contributed by atoms with Gasteiger partial charge in [-0.25, -0.2) is 0 Å². The van der Waals surface area contributed by atoms with Gasteiger partial charge in [0.2, 0.25) is 0 Å². The third-order valence-corrected chi connectivity index (χ3v) is 3.03. The summed E-state index contributed by atoms with van der Waals surface area (Å²) in [6.45, 7) is 8.41. The molecule has 3 heteroatoms. The number of carbonyl (C=O) groups is 1. The third-order valence-electron chi connectivity index (χ3n) is 3.03. The van der Waals surface area contributed by atoms with Crippen molar-refractivity contribution in [2.75, 3.05) is 13.1 Å². The molecule has 0 aromatic carbocycles. The van der Waals surface area contributed by atoms with Gasteiger partial charge < -0.3 is 5.11 Å². The molecule has 1 fully saturated rings. The van der Waals surface area contributed by atoms with Crippen molar-refractivity contribution < 1.29 is 9.90 Å². The van der Waals surface area contributed by atoms with Crippen molar-refractivity contribution in [2.24, 2.45) is 5.41 Å². The van der Waals surface area contributed by atoms with Crippen LogP contribution >= 0.6 is 0 Å². The first kappa shape index (κ1) is 12.5. The predicted octanol–water partition coefficient (Wildman–Crippen LogP) is 2.36. The van der Waals surface area contributed by atoms with E-state index in [0.717, 1.165) is 38.8 Å². The van der Waals surface area contributed by atoms with E-state index < -0.39 is 5.97 Å². The van der Waals surface area contributed by atoms with Crippen molar-refractivity contribution in [1.82, 2.24) is 4.90 Å². The highest BCUT2D eigenvalue weighted by molar-refractivity contribution is 5.73. The number of rotatable bonds is 4. The van der Waals surface area contributed by atoms with Gasteiger partial charge in [0.1, 0.15) is 6.04 Å². The van der Waals surface area contributed by atoms with Gasteiger partial charge in [0.15, 0.2) is 0 Å². The Hall–Kier alpha value is -0.570. The second-order valence-electron chi connectivity index (χ2n) is 5.70. The molecule has 88 valence electrons. The first-order valence-corrected chi connectivity index (χ1v) is 5.87. The zero-order chi connectivity index (χ0) is 11.5. The molecular weight excluding hydrogens is 190 g/mol. The molecular formula is C12H23NO2. The highest BCUT2D eigenvalue weighted by Gasteiger charge is 2.28. The maximum atomic E-state index is 11.2. The molecule has 0 bridgehead atoms. The molecule has 0 aromatic rings. The minimum atomic E-state index is -0.652. The molecule has 0 radical (unpaired) electrons. The highest BCUT2D eigenvalue weighted by Crippen LogP contribution is 2.24. The van der Waals surface area contributed by atoms with Crippen LogP contribution in [0.3, 0.4) is 0 Å². The van der Waals surface area contributed by atoms with Crippen molar-refractivity contribution >= 4 is 5.97 Å². The Balaban J connectivity index is 2.47. The monoisotopic (exact) mass is 213 g/mol. The molecule has 0 spiro atoms. The van der Waals surface area contributed by atoms with E-state index in [2.05, 4.69) is 25.7 Å². The molecule has 1 rings (SSSR count). The zero-order valence-electron chi connectivity index (χ0n) is 10.1. The summed E-state index contributed by atoms with van der Waals surface area (Å²) in [5.41, 5.74) is 0.230. The van der Waals surface area contributed by atoms with Gasteiger partial charge in [-0.2, -0.15) is 0 Å². The van der Waals surface area contributed by atoms with Crippen LogP contribution in [-0.2, 0) is 4.79 Å². The lowest BCUT2D eigenvalue weighted by Crippen LogP contribution is -2.39. The Labute approximate surface area is 92.5 Å². The summed E-state index contributed by atoms with van der Waals surface area (Å²) in [6.07, 6.45) is 4.05. The number of carboxylic acid groups (broad SMARTS) is 1. The van der Waals surface area contributed by atoms with Crippen LogP contribution in [-0.4, -0.2) is 35.1 Å². The van der Waals surface area contributed by atoms with Crippen molar-refractivity contribution in [3.05, 3.63) is 0 Å². The highest BCUT2D eigenvalue weighted by atomic mass is 16.4. The first-order chi connectivity index (χ1) is 6.90. The molecule has 0 amide bonds. The minimum Gasteiger partial charge on any atom is -0.480 e. The molecule has 0 aromatic heterocycles. The first-order valence-electron chi connectivity index (χ1n) is 5.87. The lowest BCUT2D eigenvalue weighted by Gasteiger charge is -2.27. The van der Waals surface area contributed by atoms with E-state index in [4.69, 9.17) is 0 Å². The predicted molar refractivity (Wildman–Crippen MR) is 60.9 cm³/mol. The maximum Gasteiger partial charge on any atom is 0.320 e. The topological polar surface area (TPSA) is 40.5 Å². The molecule has 3 nitrogen and oxygen atoms in total. The molecule has 1 heterocycles. The normalized spacial score (nSPS) is 20.5. The van der Waals surface area contributed by atoms with Crippen LogP contribution < -0.4 is 0 Å². The van der Waals surface area contributed by atoms with Crippen molar-refractivity contribution in [2.45, 2.75) is 52.5 Å². The van der Waals surface area contributed by atoms with Gasteiger partial charge in [-0.3, -0.25) is 9.69 Å². The van der Waals surface area contributed by atoms with Gasteiger partial charge >= 0.3 is 5.97 Å². The number of nitrogens with zero attached hydrogens (tertiary/aromatic N) is 1. The number of hydrogen-bond acceptors (Lipinski definition) is 2. The second kappa shape index (κ2) is 4.97. The molecule has 1 N–H and O–H groups in total. The van der Waals surface area contributed by atoms with E-state index in [1.165, 1.54) is 0 Å². The number of carboxylic acids is 1. The van der Waals surface area contributed by atoms with E-state index in [1.54, 1.807) is 0 Å². The van der Waals surface area contributed by atoms with Crippen LogP contribution in [0.2, 0.25) is 0 Å². The van der Waals surface area contributed by atoms with Crippen LogP contribution in [0.4, 0.5) is 0 Å². The number of likely N-dealkylation sites (tertiary alicyclic amines) is 1. The summed E-state index contributed by atoms with van der Waals surface area (Å²) in [7, 11) is 0. The lowest BCUT2D eigenvalue weighted by molar-refractivity contribution is -0.143. The number of hydrogen-bond donors (Lipinski definition) is 1. The maximum absolute atomic E-state index is 11.2. The fraction of sp³-hybridized carbons (Fsp3) is 0.917. The summed E-state index contributed by atoms with van der Waals surface area (Å²) in [4.78, 5) is 13.3. The van der Waals surface area contributed by atoms with Gasteiger partial charge in [0.05, 0.1) is 0 Å². The van der Waals surface area contributed by atoms with Crippen LogP contribution in [0.5, 0.6) is 0 Å². The van der Waals surface area contributed by atoms with Gasteiger partial charge in [-0.15, -0.1) is 0 Å². The molecule has 0 saturated carbocycles. The molecule has 1 saturated heterocycles. The van der Waals surface area contributed by atoms with E-state index in [-0.39, 0.29) is 11.5 Å². The fourth-order valence-corrected chi connectivity index (χ4v) is 2.09. The molecule has 0 aliphatic carbocycles. The van der Waals surface area contributed by atoms with Gasteiger partial charge in [0.25, 0.3) is 0 Å². The quantitative estimate of drug-likeness (QED) is 0.779. The van der Waals surface area contributed by atoms with Crippen LogP contribution in [0.25, 0.3) is 0 Å². The van der Waals surface area contributed by atoms with E-state index in [1.807, 2.05) is 0 Å². The molecule has 1 aliphatic rings. The standard InChI is InChI=1S/C12H23NO2/c1-12(2,3)7-6-10(11(14)15)13-8-4-5-9-13/h10H,4-9H2,1-3H3,(H,14,15). The Morgan fingerprint density at radius 2 is 1.87 bits per heavy atom. The molecule has 15 heavy (non-hydrogen) atoms. The van der Waals surface area contributed by atoms with Crippen LogP contribution in [0.1, 0.15) is 46.5 Å². The summed E-state index contributed by atoms with van der Waals surface area (Å²) >= 11 is 0. The van der Waals surface area contributed by atoms with Gasteiger partial charge in [0, 0.05) is 0 Å². The second-order valence-corrected chi connectivity index (χ2v) is 5.70. The third kappa shape index (κ3) is 4.20. The largest absolute Gasteiger partial charge is 0.480 e. The average molecular weight is 213 g/mol. The fourth-order valence-electron chi connectivity index (χ4n) is 2.09. The summed E-state index contributed by atoms with van der Waals surface area (Å²) in [6, 6.07) is -0.258. The number of aliphatic carboxylic acids is 1. The summed E-state index contributed by atoms with van der Waals surface area (Å²) < 4.78 is 0. The van der Waals surface area contributed by atoms with Gasteiger partial charge in [-0.1, -0.05) is 20.8 Å². The van der Waals surface area contributed by atoms with Crippen LogP contribution in [0, 0.1) is 5.41 Å². The van der Waals surface area contributed by atoms with E-state index in [0.29, 0.717) is 0 Å².